The van der Waals surface area contributed by atoms with Crippen molar-refractivity contribution in [3.05, 3.63) is 77.1 Å². The molecule has 6 nitrogen and oxygen atoms in total. The van der Waals surface area contributed by atoms with Gasteiger partial charge >= 0.3 is 6.09 Å². The number of hydrogen-bond acceptors (Lipinski definition) is 5. The molecule has 3 heterocycles. The molecule has 2 aromatic heterocycles. The van der Waals surface area contributed by atoms with E-state index in [2.05, 4.69) is 27.9 Å². The predicted octanol–water partition coefficient (Wildman–Crippen LogP) is 6.36. The Hall–Kier alpha value is -2.99. The average Bonchev–Trinajstić information content (AvgIpc) is 2.79. The van der Waals surface area contributed by atoms with Gasteiger partial charge in [0.15, 0.2) is 0 Å². The van der Waals surface area contributed by atoms with E-state index in [1.807, 2.05) is 74.7 Å². The molecule has 2 atom stereocenters. The minimum absolute atomic E-state index is 0.153. The molecule has 1 aliphatic rings. The van der Waals surface area contributed by atoms with Crippen LogP contribution in [0, 0.1) is 5.92 Å². The summed E-state index contributed by atoms with van der Waals surface area (Å²) in [5.74, 6) is 1.25. The molecule has 1 fully saturated rings. The number of carbonyl (C=O) groups excluding carboxylic acids is 1. The summed E-state index contributed by atoms with van der Waals surface area (Å²) in [6.45, 7) is 8.53. The van der Waals surface area contributed by atoms with Crippen molar-refractivity contribution in [2.24, 2.45) is 5.92 Å². The van der Waals surface area contributed by atoms with Gasteiger partial charge in [-0.25, -0.2) is 14.8 Å². The SMILES string of the molecule is CC1CC(Cc2cncc(-c3cnc(Cc4cccc(Cl)c4)nc3)c2)CCN1C(=O)OC(C)(C)C. The fourth-order valence-electron chi connectivity index (χ4n) is 4.56. The Labute approximate surface area is 212 Å². The monoisotopic (exact) mass is 492 g/mol. The Morgan fingerprint density at radius 3 is 2.54 bits per heavy atom. The zero-order valence-corrected chi connectivity index (χ0v) is 21.6. The Kier molecular flexibility index (Phi) is 7.70. The molecule has 0 aliphatic carbocycles. The maximum Gasteiger partial charge on any atom is 0.410 e. The quantitative estimate of drug-likeness (QED) is 0.414. The van der Waals surface area contributed by atoms with Crippen molar-refractivity contribution in [3.8, 4) is 11.1 Å². The lowest BCUT2D eigenvalue weighted by atomic mass is 9.87. The summed E-state index contributed by atoms with van der Waals surface area (Å²) in [6.07, 6.45) is 10.8. The Balaban J connectivity index is 1.37. The van der Waals surface area contributed by atoms with Crippen LogP contribution in [0.25, 0.3) is 11.1 Å². The fourth-order valence-corrected chi connectivity index (χ4v) is 4.77. The molecule has 1 saturated heterocycles. The van der Waals surface area contributed by atoms with Crippen molar-refractivity contribution in [1.82, 2.24) is 19.9 Å². The number of rotatable bonds is 5. The van der Waals surface area contributed by atoms with Crippen LogP contribution in [0.1, 0.15) is 57.5 Å². The van der Waals surface area contributed by atoms with Gasteiger partial charge in [-0.3, -0.25) is 4.98 Å². The number of piperidine rings is 1. The molecule has 0 radical (unpaired) electrons. The van der Waals surface area contributed by atoms with Crippen LogP contribution in [0.15, 0.2) is 55.1 Å². The maximum atomic E-state index is 12.5. The van der Waals surface area contributed by atoms with Crippen molar-refractivity contribution in [3.63, 3.8) is 0 Å². The van der Waals surface area contributed by atoms with Crippen molar-refractivity contribution < 1.29 is 9.53 Å². The second-order valence-electron chi connectivity index (χ2n) is 10.4. The molecular weight excluding hydrogens is 460 g/mol. The summed E-state index contributed by atoms with van der Waals surface area (Å²) in [7, 11) is 0. The molecular formula is C28H33ClN4O2. The first-order chi connectivity index (χ1) is 16.7. The number of likely N-dealkylation sites (tertiary alicyclic amines) is 1. The van der Waals surface area contributed by atoms with Gasteiger partial charge < -0.3 is 9.64 Å². The molecule has 1 aliphatic heterocycles. The highest BCUT2D eigenvalue weighted by Crippen LogP contribution is 2.28. The molecule has 2 unspecified atom stereocenters. The fraction of sp³-hybridized carbons (Fsp3) is 0.429. The highest BCUT2D eigenvalue weighted by atomic mass is 35.5. The van der Waals surface area contributed by atoms with Gasteiger partial charge in [0.1, 0.15) is 11.4 Å². The molecule has 1 aromatic carbocycles. The molecule has 0 spiro atoms. The number of nitrogens with zero attached hydrogens (tertiary/aromatic N) is 4. The number of amides is 1. The van der Waals surface area contributed by atoms with E-state index < -0.39 is 5.60 Å². The molecule has 1 amide bonds. The van der Waals surface area contributed by atoms with Crippen LogP contribution >= 0.6 is 11.6 Å². The van der Waals surface area contributed by atoms with Gasteiger partial charge in [-0.2, -0.15) is 0 Å². The zero-order valence-electron chi connectivity index (χ0n) is 20.9. The number of ether oxygens (including phenoxy) is 1. The average molecular weight is 493 g/mol. The first kappa shape index (κ1) is 25.1. The standard InChI is InChI=1S/C28H33ClN4O2/c1-19-10-21(8-9-33(19)27(34)35-28(2,3)4)11-22-12-23(16-30-15-22)24-17-31-26(32-18-24)14-20-6-5-7-25(29)13-20/h5-7,12-13,15-19,21H,8-11,14H2,1-4H3. The normalized spacial score (nSPS) is 18.4. The molecule has 0 saturated carbocycles. The van der Waals surface area contributed by atoms with Crippen molar-refractivity contribution in [2.75, 3.05) is 6.54 Å². The smallest absolute Gasteiger partial charge is 0.410 e. The molecule has 7 heteroatoms. The van der Waals surface area contributed by atoms with Gasteiger partial charge in [0.05, 0.1) is 0 Å². The number of benzene rings is 1. The van der Waals surface area contributed by atoms with Crippen LogP contribution in [0.3, 0.4) is 0 Å². The topological polar surface area (TPSA) is 68.2 Å². The number of aromatic nitrogens is 3. The van der Waals surface area contributed by atoms with Crippen molar-refractivity contribution in [1.29, 1.82) is 0 Å². The first-order valence-corrected chi connectivity index (χ1v) is 12.5. The summed E-state index contributed by atoms with van der Waals surface area (Å²) < 4.78 is 5.57. The van der Waals surface area contributed by atoms with E-state index in [9.17, 15) is 4.79 Å². The van der Waals surface area contributed by atoms with Gasteiger partial charge in [0.25, 0.3) is 0 Å². The summed E-state index contributed by atoms with van der Waals surface area (Å²) >= 11 is 6.08. The Morgan fingerprint density at radius 1 is 1.09 bits per heavy atom. The van der Waals surface area contributed by atoms with Crippen LogP contribution in [0.2, 0.25) is 5.02 Å². The highest BCUT2D eigenvalue weighted by Gasteiger charge is 2.31. The van der Waals surface area contributed by atoms with E-state index in [0.29, 0.717) is 17.4 Å². The second-order valence-corrected chi connectivity index (χ2v) is 10.8. The first-order valence-electron chi connectivity index (χ1n) is 12.2. The van der Waals surface area contributed by atoms with Gasteiger partial charge in [-0.05, 0) is 82.2 Å². The van der Waals surface area contributed by atoms with Crippen LogP contribution in [0.5, 0.6) is 0 Å². The van der Waals surface area contributed by atoms with Gasteiger partial charge in [0, 0.05) is 59.9 Å². The van der Waals surface area contributed by atoms with E-state index in [1.165, 1.54) is 5.56 Å². The highest BCUT2D eigenvalue weighted by molar-refractivity contribution is 6.30. The van der Waals surface area contributed by atoms with Gasteiger partial charge in [-0.15, -0.1) is 0 Å². The lowest BCUT2D eigenvalue weighted by molar-refractivity contribution is 0.00718. The molecule has 184 valence electrons. The Morgan fingerprint density at radius 2 is 1.86 bits per heavy atom. The predicted molar refractivity (Wildman–Crippen MR) is 138 cm³/mol. The lowest BCUT2D eigenvalue weighted by Gasteiger charge is -2.38. The number of halogens is 1. The molecule has 0 N–H and O–H groups in total. The molecule has 0 bridgehead atoms. The summed E-state index contributed by atoms with van der Waals surface area (Å²) in [6, 6.07) is 10.1. The van der Waals surface area contributed by atoms with Crippen LogP contribution in [0.4, 0.5) is 4.79 Å². The summed E-state index contributed by atoms with van der Waals surface area (Å²) in [5, 5.41) is 0.715. The van der Waals surface area contributed by atoms with Crippen LogP contribution in [-0.2, 0) is 17.6 Å². The summed E-state index contributed by atoms with van der Waals surface area (Å²) in [4.78, 5) is 28.0. The van der Waals surface area contributed by atoms with E-state index in [1.54, 1.807) is 0 Å². The van der Waals surface area contributed by atoms with Crippen molar-refractivity contribution >= 4 is 17.7 Å². The van der Waals surface area contributed by atoms with Gasteiger partial charge in [-0.1, -0.05) is 23.7 Å². The third-order valence-corrected chi connectivity index (χ3v) is 6.46. The Bertz CT molecular complexity index is 1160. The van der Waals surface area contributed by atoms with E-state index in [4.69, 9.17) is 16.3 Å². The minimum atomic E-state index is -0.475. The second kappa shape index (κ2) is 10.7. The maximum absolute atomic E-state index is 12.5. The minimum Gasteiger partial charge on any atom is -0.444 e. The zero-order chi connectivity index (χ0) is 25.0. The van der Waals surface area contributed by atoms with Crippen LogP contribution < -0.4 is 0 Å². The third kappa shape index (κ3) is 7.01. The number of hydrogen-bond donors (Lipinski definition) is 0. The number of pyridine rings is 1. The summed E-state index contributed by atoms with van der Waals surface area (Å²) in [5.41, 5.74) is 3.75. The van der Waals surface area contributed by atoms with E-state index in [-0.39, 0.29) is 12.1 Å². The number of carbonyl (C=O) groups is 1. The van der Waals surface area contributed by atoms with E-state index in [0.717, 1.165) is 48.3 Å². The van der Waals surface area contributed by atoms with E-state index >= 15 is 0 Å². The van der Waals surface area contributed by atoms with Gasteiger partial charge in [0.2, 0.25) is 0 Å². The largest absolute Gasteiger partial charge is 0.444 e. The van der Waals surface area contributed by atoms with Crippen LogP contribution in [-0.4, -0.2) is 44.1 Å². The lowest BCUT2D eigenvalue weighted by Crippen LogP contribution is -2.47. The third-order valence-electron chi connectivity index (χ3n) is 6.22. The molecule has 35 heavy (non-hydrogen) atoms. The van der Waals surface area contributed by atoms with Crippen molar-refractivity contribution in [2.45, 2.75) is 65.0 Å². The molecule has 3 aromatic rings. The molecule has 4 rings (SSSR count).